The van der Waals surface area contributed by atoms with E-state index in [0.29, 0.717) is 11.8 Å². The first kappa shape index (κ1) is 12.6. The van der Waals surface area contributed by atoms with Crippen LogP contribution in [0.5, 0.6) is 0 Å². The summed E-state index contributed by atoms with van der Waals surface area (Å²) in [6.07, 6.45) is 10.9. The molecule has 0 radical (unpaired) electrons. The zero-order chi connectivity index (χ0) is 14.4. The third-order valence-corrected chi connectivity index (χ3v) is 5.11. The van der Waals surface area contributed by atoms with Crippen LogP contribution in [0.2, 0.25) is 0 Å². The van der Waals surface area contributed by atoms with Crippen LogP contribution < -0.4 is 5.73 Å². The molecule has 0 saturated heterocycles. The molecular formula is C19H19NO. The summed E-state index contributed by atoms with van der Waals surface area (Å²) in [7, 11) is 0. The Bertz CT molecular complexity index is 708. The van der Waals surface area contributed by atoms with Crippen LogP contribution in [0.3, 0.4) is 0 Å². The summed E-state index contributed by atoms with van der Waals surface area (Å²) in [5.74, 6) is 0.970. The van der Waals surface area contributed by atoms with Gasteiger partial charge < -0.3 is 5.73 Å². The second-order valence-corrected chi connectivity index (χ2v) is 6.39. The van der Waals surface area contributed by atoms with Crippen LogP contribution in [0.1, 0.15) is 30.4 Å². The second kappa shape index (κ2) is 4.73. The van der Waals surface area contributed by atoms with Crippen molar-refractivity contribution >= 4 is 12.0 Å². The van der Waals surface area contributed by atoms with E-state index in [-0.39, 0.29) is 5.91 Å². The summed E-state index contributed by atoms with van der Waals surface area (Å²) < 4.78 is 0. The molecule has 4 rings (SSSR count). The Morgan fingerprint density at radius 1 is 1.05 bits per heavy atom. The van der Waals surface area contributed by atoms with Crippen molar-refractivity contribution in [1.82, 2.24) is 0 Å². The zero-order valence-corrected chi connectivity index (χ0v) is 12.0. The quantitative estimate of drug-likeness (QED) is 0.840. The average molecular weight is 277 g/mol. The molecule has 21 heavy (non-hydrogen) atoms. The van der Waals surface area contributed by atoms with Crippen LogP contribution >= 0.6 is 0 Å². The molecule has 2 heteroatoms. The maximum absolute atomic E-state index is 11.4. The summed E-state index contributed by atoms with van der Waals surface area (Å²) in [5.41, 5.74) is 11.7. The van der Waals surface area contributed by atoms with E-state index in [1.807, 2.05) is 6.08 Å². The third kappa shape index (κ3) is 2.15. The molecule has 0 saturated carbocycles. The molecule has 0 aromatic heterocycles. The normalized spacial score (nSPS) is 26.6. The Morgan fingerprint density at radius 3 is 2.71 bits per heavy atom. The van der Waals surface area contributed by atoms with Gasteiger partial charge in [0.1, 0.15) is 0 Å². The van der Waals surface area contributed by atoms with Gasteiger partial charge in [-0.05, 0) is 59.8 Å². The smallest absolute Gasteiger partial charge is 0.244 e. The standard InChI is InChI=1S/C19H19NO/c20-19(21)15-6-5-14-9-17-7-12-3-1-2-4-13(12)8-18(17)11-16(14)10-15/h1-4,8,10-11,14,17H,5-7,9H2,(H2,20,21). The lowest BCUT2D eigenvalue weighted by molar-refractivity contribution is -0.114. The van der Waals surface area contributed by atoms with Gasteiger partial charge in [0.15, 0.2) is 0 Å². The SMILES string of the molecule is NC(=O)C1=CC2=CC3=Cc4ccccc4CC3CC2CC1. The van der Waals surface area contributed by atoms with E-state index in [4.69, 9.17) is 5.73 Å². The Hall–Kier alpha value is -2.09. The molecule has 1 amide bonds. The largest absolute Gasteiger partial charge is 0.366 e. The Labute approximate surface area is 125 Å². The summed E-state index contributed by atoms with van der Waals surface area (Å²) in [6, 6.07) is 8.66. The van der Waals surface area contributed by atoms with Crippen LogP contribution in [0.15, 0.2) is 53.1 Å². The number of hydrogen-bond donors (Lipinski definition) is 1. The number of hydrogen-bond acceptors (Lipinski definition) is 1. The predicted octanol–water partition coefficient (Wildman–Crippen LogP) is 3.39. The number of benzene rings is 1. The van der Waals surface area contributed by atoms with E-state index >= 15 is 0 Å². The van der Waals surface area contributed by atoms with Crippen molar-refractivity contribution in [3.05, 3.63) is 64.3 Å². The van der Waals surface area contributed by atoms with Crippen molar-refractivity contribution in [2.24, 2.45) is 17.6 Å². The van der Waals surface area contributed by atoms with Crippen molar-refractivity contribution in [3.63, 3.8) is 0 Å². The summed E-state index contributed by atoms with van der Waals surface area (Å²) in [5, 5.41) is 0. The molecule has 0 heterocycles. The van der Waals surface area contributed by atoms with Gasteiger partial charge in [-0.1, -0.05) is 42.5 Å². The van der Waals surface area contributed by atoms with Crippen molar-refractivity contribution in [2.45, 2.75) is 25.7 Å². The fraction of sp³-hybridized carbons (Fsp3) is 0.316. The number of carbonyl (C=O) groups is 1. The first-order chi connectivity index (χ1) is 10.2. The maximum atomic E-state index is 11.4. The van der Waals surface area contributed by atoms with Gasteiger partial charge >= 0.3 is 0 Å². The molecule has 2 N–H and O–H groups in total. The van der Waals surface area contributed by atoms with Crippen LogP contribution in [-0.4, -0.2) is 5.91 Å². The number of fused-ring (bicyclic) bond motifs is 3. The summed E-state index contributed by atoms with van der Waals surface area (Å²) in [6.45, 7) is 0. The number of nitrogens with two attached hydrogens (primary N) is 1. The lowest BCUT2D eigenvalue weighted by atomic mass is 9.69. The molecule has 0 spiro atoms. The highest BCUT2D eigenvalue weighted by molar-refractivity contribution is 5.92. The second-order valence-electron chi connectivity index (χ2n) is 6.39. The molecule has 3 aliphatic carbocycles. The summed E-state index contributed by atoms with van der Waals surface area (Å²) in [4.78, 5) is 11.4. The van der Waals surface area contributed by atoms with E-state index in [1.165, 1.54) is 28.7 Å². The average Bonchev–Trinajstić information content (AvgIpc) is 2.50. The van der Waals surface area contributed by atoms with E-state index in [1.54, 1.807) is 0 Å². The third-order valence-electron chi connectivity index (χ3n) is 5.11. The minimum atomic E-state index is -0.264. The molecule has 0 fully saturated rings. The Balaban J connectivity index is 1.75. The lowest BCUT2D eigenvalue weighted by Gasteiger charge is -2.35. The van der Waals surface area contributed by atoms with Gasteiger partial charge in [0.25, 0.3) is 0 Å². The molecule has 2 nitrogen and oxygen atoms in total. The minimum Gasteiger partial charge on any atom is -0.366 e. The Kier molecular flexibility index (Phi) is 2.85. The van der Waals surface area contributed by atoms with Crippen LogP contribution in [-0.2, 0) is 11.2 Å². The van der Waals surface area contributed by atoms with Crippen molar-refractivity contribution < 1.29 is 4.79 Å². The minimum absolute atomic E-state index is 0.264. The van der Waals surface area contributed by atoms with E-state index < -0.39 is 0 Å². The highest BCUT2D eigenvalue weighted by Crippen LogP contribution is 2.43. The lowest BCUT2D eigenvalue weighted by Crippen LogP contribution is -2.26. The summed E-state index contributed by atoms with van der Waals surface area (Å²) >= 11 is 0. The highest BCUT2D eigenvalue weighted by atomic mass is 16.1. The van der Waals surface area contributed by atoms with Gasteiger partial charge in [0, 0.05) is 5.57 Å². The number of primary amides is 1. The van der Waals surface area contributed by atoms with Gasteiger partial charge in [-0.2, -0.15) is 0 Å². The molecular weight excluding hydrogens is 258 g/mol. The maximum Gasteiger partial charge on any atom is 0.244 e. The van der Waals surface area contributed by atoms with Gasteiger partial charge in [-0.25, -0.2) is 0 Å². The number of carbonyl (C=O) groups excluding carboxylic acids is 1. The molecule has 2 atom stereocenters. The molecule has 0 bridgehead atoms. The van der Waals surface area contributed by atoms with Crippen molar-refractivity contribution in [1.29, 1.82) is 0 Å². The molecule has 1 aromatic carbocycles. The van der Waals surface area contributed by atoms with E-state index in [0.717, 1.165) is 24.8 Å². The number of allylic oxidation sites excluding steroid dienone is 4. The number of amides is 1. The number of rotatable bonds is 1. The molecule has 2 unspecified atom stereocenters. The van der Waals surface area contributed by atoms with Crippen LogP contribution in [0.4, 0.5) is 0 Å². The first-order valence-corrected chi connectivity index (χ1v) is 7.72. The van der Waals surface area contributed by atoms with Gasteiger partial charge in [0.05, 0.1) is 0 Å². The van der Waals surface area contributed by atoms with Crippen molar-refractivity contribution in [3.8, 4) is 0 Å². The topological polar surface area (TPSA) is 43.1 Å². The van der Waals surface area contributed by atoms with E-state index in [9.17, 15) is 4.79 Å². The van der Waals surface area contributed by atoms with Gasteiger partial charge in [0.2, 0.25) is 5.91 Å². The first-order valence-electron chi connectivity index (χ1n) is 7.72. The fourth-order valence-electron chi connectivity index (χ4n) is 3.95. The van der Waals surface area contributed by atoms with Crippen LogP contribution in [0, 0.1) is 11.8 Å². The molecule has 0 aliphatic heterocycles. The fourth-order valence-corrected chi connectivity index (χ4v) is 3.95. The highest BCUT2D eigenvalue weighted by Gasteiger charge is 2.31. The van der Waals surface area contributed by atoms with Crippen LogP contribution in [0.25, 0.3) is 6.08 Å². The molecule has 106 valence electrons. The van der Waals surface area contributed by atoms with Gasteiger partial charge in [-0.15, -0.1) is 0 Å². The van der Waals surface area contributed by atoms with Crippen molar-refractivity contribution in [2.75, 3.05) is 0 Å². The van der Waals surface area contributed by atoms with Gasteiger partial charge in [-0.3, -0.25) is 4.79 Å². The Morgan fingerprint density at radius 2 is 1.86 bits per heavy atom. The molecule has 3 aliphatic rings. The molecule has 1 aromatic rings. The zero-order valence-electron chi connectivity index (χ0n) is 12.0. The van der Waals surface area contributed by atoms with E-state index in [2.05, 4.69) is 36.4 Å². The monoisotopic (exact) mass is 277 g/mol. The predicted molar refractivity (Wildman–Crippen MR) is 84.3 cm³/mol.